The topological polar surface area (TPSA) is 3.24 Å². The van der Waals surface area contributed by atoms with E-state index >= 15 is 0 Å². The van der Waals surface area contributed by atoms with Gasteiger partial charge in [-0.15, -0.1) is 0 Å². The normalized spacial score (nSPS) is 13.1. The lowest BCUT2D eigenvalue weighted by atomic mass is 9.88. The van der Waals surface area contributed by atoms with Crippen LogP contribution in [0.3, 0.4) is 0 Å². The average Bonchev–Trinajstić information content (AvgIpc) is 3.01. The lowest BCUT2D eigenvalue weighted by Gasteiger charge is -2.19. The quantitative estimate of drug-likeness (QED) is 0.0398. The zero-order valence-electron chi connectivity index (χ0n) is 30.6. The second-order valence-electron chi connectivity index (χ2n) is 13.8. The summed E-state index contributed by atoms with van der Waals surface area (Å²) in [5.41, 5.74) is 1.48. The standard InChI is InChI=1S/C43H79N/c1-6-8-10-12-14-16-18-20-22-24-26-28-30-32-34-36-38-43(41-42(3)39-40-44(4)5)37-35-33-31-29-27-25-23-21-19-17-15-13-11-9-7-2/h14-17,19-22,43H,3,6-13,18,23-41H2,1-2,4-5H3/b16-14-,17-15+,21-19-,22-20-. The molecule has 0 aromatic heterocycles. The zero-order chi connectivity index (χ0) is 32.2. The van der Waals surface area contributed by atoms with E-state index in [9.17, 15) is 0 Å². The van der Waals surface area contributed by atoms with E-state index < -0.39 is 0 Å². The molecular weight excluding hydrogens is 530 g/mol. The van der Waals surface area contributed by atoms with Crippen LogP contribution in [-0.2, 0) is 0 Å². The van der Waals surface area contributed by atoms with Crippen molar-refractivity contribution in [2.75, 3.05) is 20.6 Å². The maximum Gasteiger partial charge on any atom is 0.00124 e. The SMILES string of the molecule is C=C(CCN(C)C)CC(CCCCCCCC/C=C\C=C\CCCCC)CCCCCCCC/C=C\C/C=C\CCCCC. The molecular formula is C43H79N. The summed E-state index contributed by atoms with van der Waals surface area (Å²) in [5, 5.41) is 0. The van der Waals surface area contributed by atoms with Gasteiger partial charge in [0.2, 0.25) is 0 Å². The van der Waals surface area contributed by atoms with E-state index in [0.29, 0.717) is 0 Å². The first-order chi connectivity index (χ1) is 21.6. The van der Waals surface area contributed by atoms with Crippen molar-refractivity contribution in [2.45, 2.75) is 187 Å². The molecule has 0 aromatic rings. The van der Waals surface area contributed by atoms with Crippen molar-refractivity contribution in [1.82, 2.24) is 4.90 Å². The van der Waals surface area contributed by atoms with Crippen molar-refractivity contribution >= 4 is 0 Å². The van der Waals surface area contributed by atoms with Crippen LogP contribution in [0.4, 0.5) is 0 Å². The lowest BCUT2D eigenvalue weighted by Crippen LogP contribution is -2.14. The lowest BCUT2D eigenvalue weighted by molar-refractivity contribution is 0.380. The number of hydrogen-bond donors (Lipinski definition) is 0. The van der Waals surface area contributed by atoms with Gasteiger partial charge in [-0.2, -0.15) is 0 Å². The van der Waals surface area contributed by atoms with Crippen LogP contribution in [0.1, 0.15) is 187 Å². The highest BCUT2D eigenvalue weighted by molar-refractivity contribution is 5.02. The minimum atomic E-state index is 0.857. The summed E-state index contributed by atoms with van der Waals surface area (Å²) >= 11 is 0. The van der Waals surface area contributed by atoms with Crippen molar-refractivity contribution in [2.24, 2.45) is 5.92 Å². The summed E-state index contributed by atoms with van der Waals surface area (Å²) in [4.78, 5) is 2.30. The largest absolute Gasteiger partial charge is 0.309 e. The maximum absolute atomic E-state index is 4.47. The van der Waals surface area contributed by atoms with E-state index in [1.54, 1.807) is 0 Å². The maximum atomic E-state index is 4.47. The molecule has 1 unspecified atom stereocenters. The Labute approximate surface area is 278 Å². The van der Waals surface area contributed by atoms with Crippen LogP contribution in [0, 0.1) is 5.92 Å². The summed E-state index contributed by atoms with van der Waals surface area (Å²) in [6, 6.07) is 0. The van der Waals surface area contributed by atoms with Gasteiger partial charge in [-0.3, -0.25) is 0 Å². The Morgan fingerprint density at radius 1 is 0.523 bits per heavy atom. The minimum Gasteiger partial charge on any atom is -0.309 e. The van der Waals surface area contributed by atoms with Crippen LogP contribution in [0.2, 0.25) is 0 Å². The van der Waals surface area contributed by atoms with Crippen molar-refractivity contribution in [3.63, 3.8) is 0 Å². The highest BCUT2D eigenvalue weighted by Gasteiger charge is 2.11. The third-order valence-corrected chi connectivity index (χ3v) is 8.89. The summed E-state index contributed by atoms with van der Waals surface area (Å²) in [7, 11) is 4.36. The molecule has 1 nitrogen and oxygen atoms in total. The number of nitrogens with zero attached hydrogens (tertiary/aromatic N) is 1. The summed E-state index contributed by atoms with van der Waals surface area (Å²) < 4.78 is 0. The van der Waals surface area contributed by atoms with E-state index in [4.69, 9.17) is 0 Å². The number of rotatable bonds is 34. The first kappa shape index (κ1) is 42.7. The van der Waals surface area contributed by atoms with E-state index in [1.165, 1.54) is 166 Å². The molecule has 256 valence electrons. The molecule has 0 spiro atoms. The fourth-order valence-electron chi connectivity index (χ4n) is 5.93. The summed E-state index contributed by atoms with van der Waals surface area (Å²) in [5.74, 6) is 0.857. The van der Waals surface area contributed by atoms with Crippen LogP contribution >= 0.6 is 0 Å². The third kappa shape index (κ3) is 35.1. The van der Waals surface area contributed by atoms with E-state index in [0.717, 1.165) is 25.3 Å². The molecule has 44 heavy (non-hydrogen) atoms. The predicted octanol–water partition coefficient (Wildman–Crippen LogP) is 14.5. The smallest absolute Gasteiger partial charge is 0.00124 e. The van der Waals surface area contributed by atoms with E-state index in [-0.39, 0.29) is 0 Å². The van der Waals surface area contributed by atoms with Crippen molar-refractivity contribution < 1.29 is 0 Å². The second kappa shape index (κ2) is 36.1. The zero-order valence-corrected chi connectivity index (χ0v) is 30.6. The monoisotopic (exact) mass is 610 g/mol. The predicted molar refractivity (Wildman–Crippen MR) is 204 cm³/mol. The van der Waals surface area contributed by atoms with Gasteiger partial charge in [0.25, 0.3) is 0 Å². The molecule has 0 saturated carbocycles. The highest BCUT2D eigenvalue weighted by atomic mass is 15.0. The Morgan fingerprint density at radius 2 is 0.932 bits per heavy atom. The molecule has 0 N–H and O–H groups in total. The Morgan fingerprint density at radius 3 is 1.39 bits per heavy atom. The number of unbranched alkanes of at least 4 members (excludes halogenated alkanes) is 18. The van der Waals surface area contributed by atoms with Crippen molar-refractivity contribution in [3.8, 4) is 0 Å². The number of hydrogen-bond acceptors (Lipinski definition) is 1. The Kier molecular flexibility index (Phi) is 35.0. The molecule has 0 heterocycles. The van der Waals surface area contributed by atoms with Crippen LogP contribution < -0.4 is 0 Å². The second-order valence-corrected chi connectivity index (χ2v) is 13.8. The summed E-state index contributed by atoms with van der Waals surface area (Å²) in [6.07, 6.45) is 54.9. The molecule has 0 aliphatic rings. The Hall–Kier alpha value is -1.34. The minimum absolute atomic E-state index is 0.857. The van der Waals surface area contributed by atoms with Crippen LogP contribution in [0.5, 0.6) is 0 Å². The van der Waals surface area contributed by atoms with Crippen LogP contribution in [0.15, 0.2) is 60.8 Å². The fourth-order valence-corrected chi connectivity index (χ4v) is 5.93. The van der Waals surface area contributed by atoms with Gasteiger partial charge in [0.15, 0.2) is 0 Å². The van der Waals surface area contributed by atoms with Gasteiger partial charge in [-0.05, 0) is 90.6 Å². The van der Waals surface area contributed by atoms with Gasteiger partial charge in [-0.25, -0.2) is 0 Å². The molecule has 0 amide bonds. The molecule has 0 rings (SSSR count). The summed E-state index contributed by atoms with van der Waals surface area (Å²) in [6.45, 7) is 10.2. The van der Waals surface area contributed by atoms with Crippen molar-refractivity contribution in [1.29, 1.82) is 0 Å². The van der Waals surface area contributed by atoms with Crippen LogP contribution in [-0.4, -0.2) is 25.5 Å². The van der Waals surface area contributed by atoms with Gasteiger partial charge in [0.1, 0.15) is 0 Å². The fraction of sp³-hybridized carbons (Fsp3) is 0.767. The molecule has 0 aliphatic carbocycles. The van der Waals surface area contributed by atoms with Crippen molar-refractivity contribution in [3.05, 3.63) is 60.8 Å². The van der Waals surface area contributed by atoms with E-state index in [1.807, 2.05) is 0 Å². The Balaban J connectivity index is 3.97. The molecule has 0 aromatic carbocycles. The van der Waals surface area contributed by atoms with Gasteiger partial charge in [0, 0.05) is 6.54 Å². The van der Waals surface area contributed by atoms with Gasteiger partial charge in [-0.1, -0.05) is 177 Å². The van der Waals surface area contributed by atoms with Gasteiger partial charge in [0.05, 0.1) is 0 Å². The molecule has 0 radical (unpaired) electrons. The van der Waals surface area contributed by atoms with Crippen LogP contribution in [0.25, 0.3) is 0 Å². The molecule has 1 heteroatoms. The third-order valence-electron chi connectivity index (χ3n) is 8.89. The van der Waals surface area contributed by atoms with Gasteiger partial charge >= 0.3 is 0 Å². The molecule has 0 fully saturated rings. The average molecular weight is 610 g/mol. The van der Waals surface area contributed by atoms with Gasteiger partial charge < -0.3 is 4.90 Å². The van der Waals surface area contributed by atoms with E-state index in [2.05, 4.69) is 88.0 Å². The molecule has 1 atom stereocenters. The molecule has 0 saturated heterocycles. The molecule has 0 bridgehead atoms. The first-order valence-electron chi connectivity index (χ1n) is 19.5. The Bertz CT molecular complexity index is 694. The first-order valence-corrected chi connectivity index (χ1v) is 19.5. The molecule has 0 aliphatic heterocycles. The highest BCUT2D eigenvalue weighted by Crippen LogP contribution is 2.26. The number of allylic oxidation sites excluding steroid dienone is 8.